The first-order valence-electron chi connectivity index (χ1n) is 19.6. The van der Waals surface area contributed by atoms with Crippen molar-refractivity contribution >= 4 is 22.7 Å². The average Bonchev–Trinajstić information content (AvgIpc) is 3.28. The number of anilines is 3. The minimum atomic E-state index is -0.465. The molecule has 2 saturated heterocycles. The first-order chi connectivity index (χ1) is 28.4. The minimum Gasteiger partial charge on any atom is -0.399 e. The molecule has 0 radical (unpaired) electrons. The maximum Gasteiger partial charge on any atom is 0.270 e. The van der Waals surface area contributed by atoms with Crippen LogP contribution in [-0.4, -0.2) is 67.1 Å². The Bertz CT molecular complexity index is 2270. The number of nitrogens with zero attached hydrogens (tertiary/aromatic N) is 7. The third-order valence-electron chi connectivity index (χ3n) is 11.0. The monoisotopic (exact) mass is 766 g/mol. The Morgan fingerprint density at radius 3 is 1.19 bits per heavy atom. The molecule has 0 spiro atoms. The Hall–Kier alpha value is -6.98. The summed E-state index contributed by atoms with van der Waals surface area (Å²) in [5.41, 5.74) is 14.3. The third kappa shape index (κ3) is 9.17. The molecule has 0 amide bonds. The van der Waals surface area contributed by atoms with Crippen LogP contribution in [0.15, 0.2) is 158 Å². The topological polar surface area (TPSA) is 130 Å². The lowest BCUT2D eigenvalue weighted by molar-refractivity contribution is -0.384. The molecule has 2 fully saturated rings. The second-order valence-electron chi connectivity index (χ2n) is 14.5. The third-order valence-corrected chi connectivity index (χ3v) is 11.0. The lowest BCUT2D eigenvalue weighted by Crippen LogP contribution is -2.48. The molecule has 58 heavy (non-hydrogen) atoms. The highest BCUT2D eigenvalue weighted by atomic mass is 16.6. The number of nitro benzene ring substituents is 1. The second kappa shape index (κ2) is 18.8. The predicted molar refractivity (Wildman–Crippen MR) is 230 cm³/mol. The fourth-order valence-electron chi connectivity index (χ4n) is 8.13. The van der Waals surface area contributed by atoms with Crippen LogP contribution in [0, 0.1) is 32.8 Å². The summed E-state index contributed by atoms with van der Waals surface area (Å²) >= 11 is 0. The van der Waals surface area contributed by atoms with E-state index < -0.39 is 4.92 Å². The molecule has 2 heterocycles. The molecule has 0 saturated carbocycles. The van der Waals surface area contributed by atoms with Crippen molar-refractivity contribution in [2.45, 2.75) is 12.1 Å². The van der Waals surface area contributed by atoms with Crippen LogP contribution in [0.2, 0.25) is 0 Å². The molecular formula is C48H46N8O2. The van der Waals surface area contributed by atoms with Crippen molar-refractivity contribution in [3.05, 3.63) is 201 Å². The normalized spacial score (nSPS) is 14.6. The molecule has 0 aromatic heterocycles. The zero-order valence-corrected chi connectivity index (χ0v) is 32.3. The van der Waals surface area contributed by atoms with Gasteiger partial charge in [-0.15, -0.1) is 0 Å². The van der Waals surface area contributed by atoms with Gasteiger partial charge in [0, 0.05) is 70.2 Å². The SMILES string of the molecule is N#Cc1cc(N)ccc1N1CCN(C(c2ccccc2)c2ccccc2)CC1.N#Cc1cc([N+](=O)[O-])ccc1N1CCN(C(c2ccccc2)c2ccccc2)CC1. The van der Waals surface area contributed by atoms with E-state index in [1.165, 1.54) is 34.4 Å². The molecule has 6 aromatic rings. The lowest BCUT2D eigenvalue weighted by Gasteiger charge is -2.41. The number of nitrogen functional groups attached to an aromatic ring is 1. The number of hydrogen-bond acceptors (Lipinski definition) is 9. The Morgan fingerprint density at radius 2 is 0.845 bits per heavy atom. The van der Waals surface area contributed by atoms with E-state index in [1.54, 1.807) is 12.1 Å². The highest BCUT2D eigenvalue weighted by molar-refractivity contribution is 5.65. The summed E-state index contributed by atoms with van der Waals surface area (Å²) in [7, 11) is 0. The summed E-state index contributed by atoms with van der Waals surface area (Å²) in [6, 6.07) is 57.3. The average molecular weight is 767 g/mol. The van der Waals surface area contributed by atoms with Crippen LogP contribution in [0.4, 0.5) is 22.7 Å². The minimum absolute atomic E-state index is 0.0536. The maximum absolute atomic E-state index is 11.0. The van der Waals surface area contributed by atoms with Crippen molar-refractivity contribution in [2.75, 3.05) is 67.9 Å². The summed E-state index contributed by atoms with van der Waals surface area (Å²) in [5, 5.41) is 30.0. The van der Waals surface area contributed by atoms with Gasteiger partial charge < -0.3 is 15.5 Å². The zero-order chi connectivity index (χ0) is 40.3. The number of nitrogens with two attached hydrogens (primary N) is 1. The van der Waals surface area contributed by atoms with E-state index in [1.807, 2.05) is 24.3 Å². The van der Waals surface area contributed by atoms with Gasteiger partial charge in [0.15, 0.2) is 0 Å². The van der Waals surface area contributed by atoms with Gasteiger partial charge in [0.2, 0.25) is 0 Å². The van der Waals surface area contributed by atoms with Gasteiger partial charge in [0.1, 0.15) is 12.1 Å². The molecular weight excluding hydrogens is 721 g/mol. The quantitative estimate of drug-likeness (QED) is 0.0876. The van der Waals surface area contributed by atoms with Gasteiger partial charge in [-0.1, -0.05) is 121 Å². The number of piperazine rings is 2. The fourth-order valence-corrected chi connectivity index (χ4v) is 8.13. The van der Waals surface area contributed by atoms with E-state index in [2.05, 4.69) is 141 Å². The van der Waals surface area contributed by atoms with Gasteiger partial charge >= 0.3 is 0 Å². The van der Waals surface area contributed by atoms with Gasteiger partial charge in [0.05, 0.1) is 39.5 Å². The molecule has 10 nitrogen and oxygen atoms in total. The van der Waals surface area contributed by atoms with E-state index >= 15 is 0 Å². The Morgan fingerprint density at radius 1 is 0.500 bits per heavy atom. The number of nitriles is 2. The number of nitro groups is 1. The number of rotatable bonds is 9. The van der Waals surface area contributed by atoms with E-state index in [0.717, 1.165) is 63.7 Å². The molecule has 10 heteroatoms. The van der Waals surface area contributed by atoms with Gasteiger partial charge in [-0.3, -0.25) is 19.9 Å². The van der Waals surface area contributed by atoms with Gasteiger partial charge in [-0.05, 0) is 46.5 Å². The summed E-state index contributed by atoms with van der Waals surface area (Å²) < 4.78 is 0. The van der Waals surface area contributed by atoms with Crippen LogP contribution in [0.5, 0.6) is 0 Å². The van der Waals surface area contributed by atoms with Crippen molar-refractivity contribution in [3.8, 4) is 12.1 Å². The van der Waals surface area contributed by atoms with E-state index in [0.29, 0.717) is 16.8 Å². The lowest BCUT2D eigenvalue weighted by atomic mass is 9.96. The molecule has 0 atom stereocenters. The van der Waals surface area contributed by atoms with Crippen molar-refractivity contribution in [3.63, 3.8) is 0 Å². The Labute approximate surface area is 340 Å². The smallest absolute Gasteiger partial charge is 0.270 e. The van der Waals surface area contributed by atoms with Gasteiger partial charge in [0.25, 0.3) is 5.69 Å². The second-order valence-corrected chi connectivity index (χ2v) is 14.5. The highest BCUT2D eigenvalue weighted by Crippen LogP contribution is 2.33. The van der Waals surface area contributed by atoms with Crippen LogP contribution in [0.1, 0.15) is 45.5 Å². The number of non-ortho nitro benzene ring substituents is 1. The highest BCUT2D eigenvalue weighted by Gasteiger charge is 2.29. The number of hydrogen-bond donors (Lipinski definition) is 1. The first-order valence-corrected chi connectivity index (χ1v) is 19.6. The summed E-state index contributed by atoms with van der Waals surface area (Å²) in [4.78, 5) is 20.0. The molecule has 2 aliphatic rings. The van der Waals surface area contributed by atoms with Crippen molar-refractivity contribution < 1.29 is 4.92 Å². The van der Waals surface area contributed by atoms with Crippen LogP contribution in [0.25, 0.3) is 0 Å². The van der Waals surface area contributed by atoms with Crippen LogP contribution >= 0.6 is 0 Å². The first kappa shape index (κ1) is 39.3. The molecule has 290 valence electrons. The summed E-state index contributed by atoms with van der Waals surface area (Å²) in [5.74, 6) is 0. The van der Waals surface area contributed by atoms with Crippen LogP contribution in [0.3, 0.4) is 0 Å². The molecule has 2 N–H and O–H groups in total. The summed E-state index contributed by atoms with van der Waals surface area (Å²) in [6.45, 7) is 6.80. The Kier molecular flexibility index (Phi) is 12.7. The maximum atomic E-state index is 11.0. The van der Waals surface area contributed by atoms with Crippen molar-refractivity contribution in [1.82, 2.24) is 9.80 Å². The largest absolute Gasteiger partial charge is 0.399 e. The van der Waals surface area contributed by atoms with Gasteiger partial charge in [-0.2, -0.15) is 10.5 Å². The Balaban J connectivity index is 0.000000177. The number of benzene rings is 6. The zero-order valence-electron chi connectivity index (χ0n) is 32.3. The van der Waals surface area contributed by atoms with Crippen molar-refractivity contribution in [1.29, 1.82) is 10.5 Å². The molecule has 2 aliphatic heterocycles. The standard InChI is InChI=1S/C24H22N4O2.C24H24N4/c25-18-21-17-22(28(29)30)11-12-23(21)26-13-15-27(16-14-26)24(19-7-3-1-4-8-19)20-9-5-2-6-10-20;25-18-21-17-22(26)11-12-23(21)27-13-15-28(16-14-27)24(19-7-3-1-4-8-19)20-9-5-2-6-10-20/h1-12,17,24H,13-16H2;1-12,17,24H,13-16,26H2. The summed E-state index contributed by atoms with van der Waals surface area (Å²) in [6.07, 6.45) is 0. The van der Waals surface area contributed by atoms with E-state index in [-0.39, 0.29) is 17.8 Å². The fraction of sp³-hybridized carbons (Fsp3) is 0.208. The predicted octanol–water partition coefficient (Wildman–Crippen LogP) is 8.43. The van der Waals surface area contributed by atoms with Crippen molar-refractivity contribution in [2.24, 2.45) is 0 Å². The molecule has 0 bridgehead atoms. The van der Waals surface area contributed by atoms with Crippen LogP contribution < -0.4 is 15.5 Å². The molecule has 6 aromatic carbocycles. The van der Waals surface area contributed by atoms with Gasteiger partial charge in [-0.25, -0.2) is 0 Å². The molecule has 0 aliphatic carbocycles. The van der Waals surface area contributed by atoms with E-state index in [9.17, 15) is 20.6 Å². The molecule has 8 rings (SSSR count). The van der Waals surface area contributed by atoms with E-state index in [4.69, 9.17) is 5.73 Å². The van der Waals surface area contributed by atoms with Crippen LogP contribution in [-0.2, 0) is 0 Å². The molecule has 0 unspecified atom stereocenters.